The molecule has 126 valence electrons. The lowest BCUT2D eigenvalue weighted by Gasteiger charge is -2.30. The second kappa shape index (κ2) is 7.79. The minimum atomic E-state index is -0.181. The van der Waals surface area contributed by atoms with E-state index < -0.39 is 0 Å². The average Bonchev–Trinajstić information content (AvgIpc) is 3.32. The fourth-order valence-electron chi connectivity index (χ4n) is 3.37. The summed E-state index contributed by atoms with van der Waals surface area (Å²) in [6.07, 6.45) is 4.48. The third-order valence-corrected chi connectivity index (χ3v) is 4.74. The van der Waals surface area contributed by atoms with Crippen molar-refractivity contribution in [2.75, 3.05) is 26.2 Å². The number of nitrogens with two attached hydrogens (primary N) is 1. The molecule has 0 bridgehead atoms. The molecular weight excluding hydrogens is 290 g/mol. The fourth-order valence-corrected chi connectivity index (χ4v) is 3.37. The maximum absolute atomic E-state index is 12.4. The Morgan fingerprint density at radius 3 is 2.74 bits per heavy atom. The Hall–Kier alpha value is -1.59. The lowest BCUT2D eigenvalue weighted by Crippen LogP contribution is -2.45. The van der Waals surface area contributed by atoms with E-state index in [1.807, 2.05) is 35.2 Å². The molecule has 1 atom stereocenters. The van der Waals surface area contributed by atoms with Crippen LogP contribution in [-0.4, -0.2) is 54.2 Å². The predicted octanol–water partition coefficient (Wildman–Crippen LogP) is 2.21. The van der Waals surface area contributed by atoms with E-state index in [-0.39, 0.29) is 12.1 Å². The lowest BCUT2D eigenvalue weighted by atomic mass is 10.2. The van der Waals surface area contributed by atoms with Gasteiger partial charge in [0.05, 0.1) is 0 Å². The Morgan fingerprint density at radius 2 is 2.04 bits per heavy atom. The van der Waals surface area contributed by atoms with Crippen LogP contribution in [0.2, 0.25) is 0 Å². The monoisotopic (exact) mass is 317 g/mol. The summed E-state index contributed by atoms with van der Waals surface area (Å²) in [7, 11) is 0. The van der Waals surface area contributed by atoms with Crippen LogP contribution in [0, 0.1) is 0 Å². The summed E-state index contributed by atoms with van der Waals surface area (Å²) in [5.41, 5.74) is 6.76. The second-order valence-corrected chi connectivity index (χ2v) is 6.54. The number of carbonyl (C=O) groups is 1. The average molecular weight is 317 g/mol. The van der Waals surface area contributed by atoms with Crippen molar-refractivity contribution in [3.8, 4) is 0 Å². The van der Waals surface area contributed by atoms with Gasteiger partial charge >= 0.3 is 6.09 Å². The summed E-state index contributed by atoms with van der Waals surface area (Å²) >= 11 is 0. The van der Waals surface area contributed by atoms with E-state index in [0.29, 0.717) is 19.2 Å². The summed E-state index contributed by atoms with van der Waals surface area (Å²) in [6, 6.07) is 10.8. The van der Waals surface area contributed by atoms with Gasteiger partial charge in [0, 0.05) is 38.3 Å². The third kappa shape index (κ3) is 4.45. The van der Waals surface area contributed by atoms with Crippen LogP contribution in [0.15, 0.2) is 30.3 Å². The molecule has 1 amide bonds. The zero-order valence-electron chi connectivity index (χ0n) is 13.7. The van der Waals surface area contributed by atoms with Gasteiger partial charge in [0.25, 0.3) is 0 Å². The number of likely N-dealkylation sites (tertiary alicyclic amines) is 1. The molecule has 23 heavy (non-hydrogen) atoms. The first-order chi connectivity index (χ1) is 11.3. The number of rotatable bonds is 7. The first-order valence-corrected chi connectivity index (χ1v) is 8.69. The smallest absolute Gasteiger partial charge is 0.410 e. The standard InChI is InChI=1S/C18H27N3O2/c19-10-12-20(16-8-9-16)13-17-7-4-11-21(17)18(22)23-14-15-5-2-1-3-6-15/h1-3,5-6,16-17H,4,7-14,19H2/t17-/m1/s1. The number of hydrogen-bond donors (Lipinski definition) is 1. The maximum atomic E-state index is 12.4. The zero-order chi connectivity index (χ0) is 16.1. The minimum Gasteiger partial charge on any atom is -0.445 e. The summed E-state index contributed by atoms with van der Waals surface area (Å²) < 4.78 is 5.50. The number of amides is 1. The van der Waals surface area contributed by atoms with Gasteiger partial charge < -0.3 is 15.4 Å². The van der Waals surface area contributed by atoms with E-state index in [0.717, 1.165) is 38.0 Å². The Bertz CT molecular complexity index is 504. The van der Waals surface area contributed by atoms with Gasteiger partial charge in [-0.05, 0) is 31.2 Å². The summed E-state index contributed by atoms with van der Waals surface area (Å²) in [5.74, 6) is 0. The highest BCUT2D eigenvalue weighted by molar-refractivity contribution is 5.68. The van der Waals surface area contributed by atoms with Crippen molar-refractivity contribution in [1.82, 2.24) is 9.80 Å². The molecule has 0 radical (unpaired) electrons. The molecule has 2 N–H and O–H groups in total. The van der Waals surface area contributed by atoms with Crippen LogP contribution in [0.5, 0.6) is 0 Å². The van der Waals surface area contributed by atoms with Gasteiger partial charge in [0.15, 0.2) is 0 Å². The van der Waals surface area contributed by atoms with E-state index in [4.69, 9.17) is 10.5 Å². The van der Waals surface area contributed by atoms with Crippen LogP contribution >= 0.6 is 0 Å². The number of hydrogen-bond acceptors (Lipinski definition) is 4. The van der Waals surface area contributed by atoms with Gasteiger partial charge in [-0.15, -0.1) is 0 Å². The molecule has 0 spiro atoms. The van der Waals surface area contributed by atoms with Gasteiger partial charge in [-0.1, -0.05) is 30.3 Å². The Kier molecular flexibility index (Phi) is 5.51. The van der Waals surface area contributed by atoms with E-state index in [9.17, 15) is 4.79 Å². The molecule has 1 heterocycles. The van der Waals surface area contributed by atoms with Gasteiger partial charge in [-0.25, -0.2) is 4.79 Å². The molecule has 3 rings (SSSR count). The number of nitrogens with zero attached hydrogens (tertiary/aromatic N) is 2. The van der Waals surface area contributed by atoms with Gasteiger partial charge in [-0.2, -0.15) is 0 Å². The normalized spacial score (nSPS) is 21.0. The summed E-state index contributed by atoms with van der Waals surface area (Å²) in [4.78, 5) is 16.8. The first-order valence-electron chi connectivity index (χ1n) is 8.69. The molecule has 1 saturated heterocycles. The summed E-state index contributed by atoms with van der Waals surface area (Å²) in [6.45, 7) is 3.69. The van der Waals surface area contributed by atoms with Crippen molar-refractivity contribution >= 4 is 6.09 Å². The van der Waals surface area contributed by atoms with E-state index in [2.05, 4.69) is 4.90 Å². The van der Waals surface area contributed by atoms with Crippen molar-refractivity contribution in [2.24, 2.45) is 5.73 Å². The highest BCUT2D eigenvalue weighted by Crippen LogP contribution is 2.29. The third-order valence-electron chi connectivity index (χ3n) is 4.74. The van der Waals surface area contributed by atoms with Crippen molar-refractivity contribution < 1.29 is 9.53 Å². The van der Waals surface area contributed by atoms with Crippen LogP contribution in [0.3, 0.4) is 0 Å². The van der Waals surface area contributed by atoms with E-state index >= 15 is 0 Å². The lowest BCUT2D eigenvalue weighted by molar-refractivity contribution is 0.0833. The van der Waals surface area contributed by atoms with Crippen LogP contribution in [-0.2, 0) is 11.3 Å². The molecule has 2 fully saturated rings. The fraction of sp³-hybridized carbons (Fsp3) is 0.611. The van der Waals surface area contributed by atoms with Crippen molar-refractivity contribution in [2.45, 2.75) is 44.4 Å². The number of ether oxygens (including phenoxy) is 1. The maximum Gasteiger partial charge on any atom is 0.410 e. The van der Waals surface area contributed by atoms with E-state index in [1.54, 1.807) is 0 Å². The molecule has 2 aliphatic rings. The first kappa shape index (κ1) is 16.3. The number of carbonyl (C=O) groups excluding carboxylic acids is 1. The number of benzene rings is 1. The van der Waals surface area contributed by atoms with Gasteiger partial charge in [-0.3, -0.25) is 4.90 Å². The topological polar surface area (TPSA) is 58.8 Å². The SMILES string of the molecule is NCCN(C[C@H]1CCCN1C(=O)OCc1ccccc1)C1CC1. The van der Waals surface area contributed by atoms with Crippen molar-refractivity contribution in [3.63, 3.8) is 0 Å². The summed E-state index contributed by atoms with van der Waals surface area (Å²) in [5, 5.41) is 0. The quantitative estimate of drug-likeness (QED) is 0.837. The predicted molar refractivity (Wildman–Crippen MR) is 90.0 cm³/mol. The molecule has 5 heteroatoms. The highest BCUT2D eigenvalue weighted by Gasteiger charge is 2.35. The molecular formula is C18H27N3O2. The Balaban J connectivity index is 1.52. The molecule has 0 aromatic heterocycles. The van der Waals surface area contributed by atoms with E-state index in [1.165, 1.54) is 12.8 Å². The Labute approximate surface area is 138 Å². The Morgan fingerprint density at radius 1 is 1.26 bits per heavy atom. The molecule has 1 saturated carbocycles. The highest BCUT2D eigenvalue weighted by atomic mass is 16.6. The van der Waals surface area contributed by atoms with Gasteiger partial charge in [0.1, 0.15) is 6.61 Å². The molecule has 5 nitrogen and oxygen atoms in total. The minimum absolute atomic E-state index is 0.181. The van der Waals surface area contributed by atoms with Crippen molar-refractivity contribution in [1.29, 1.82) is 0 Å². The van der Waals surface area contributed by atoms with Crippen LogP contribution < -0.4 is 5.73 Å². The van der Waals surface area contributed by atoms with Crippen LogP contribution in [0.4, 0.5) is 4.79 Å². The van der Waals surface area contributed by atoms with Gasteiger partial charge in [0.2, 0.25) is 0 Å². The van der Waals surface area contributed by atoms with Crippen LogP contribution in [0.25, 0.3) is 0 Å². The largest absolute Gasteiger partial charge is 0.445 e. The molecule has 1 aromatic carbocycles. The molecule has 0 unspecified atom stereocenters. The van der Waals surface area contributed by atoms with Crippen LogP contribution in [0.1, 0.15) is 31.2 Å². The molecule has 1 aromatic rings. The second-order valence-electron chi connectivity index (χ2n) is 6.54. The van der Waals surface area contributed by atoms with Crippen molar-refractivity contribution in [3.05, 3.63) is 35.9 Å². The molecule has 1 aliphatic heterocycles. The zero-order valence-corrected chi connectivity index (χ0v) is 13.7. The molecule has 1 aliphatic carbocycles.